The summed E-state index contributed by atoms with van der Waals surface area (Å²) in [6.07, 6.45) is 4.28. The van der Waals surface area contributed by atoms with Gasteiger partial charge in [0, 0.05) is 13.2 Å². The predicted octanol–water partition coefficient (Wildman–Crippen LogP) is 1.56. The third kappa shape index (κ3) is 2.71. The first-order valence-electron chi connectivity index (χ1n) is 5.61. The van der Waals surface area contributed by atoms with Crippen LogP contribution in [0.15, 0.2) is 18.3 Å². The van der Waals surface area contributed by atoms with Crippen molar-refractivity contribution in [2.24, 2.45) is 5.41 Å². The molecule has 0 radical (unpaired) electrons. The van der Waals surface area contributed by atoms with Gasteiger partial charge in [-0.3, -0.25) is 0 Å². The van der Waals surface area contributed by atoms with Crippen LogP contribution in [0.3, 0.4) is 0 Å². The standard InChI is InChI=1S/C11H15N3O3/c15-7-5-11(3-4-11)8-13-9-2-1-6-12-10(9)14(16)17/h1-2,6,13,15H,3-5,7-8H2. The monoisotopic (exact) mass is 237 g/mol. The smallest absolute Gasteiger partial charge is 0.386 e. The van der Waals surface area contributed by atoms with Crippen molar-refractivity contribution in [3.8, 4) is 0 Å². The lowest BCUT2D eigenvalue weighted by Gasteiger charge is -2.15. The molecular weight excluding hydrogens is 222 g/mol. The molecule has 1 aromatic rings. The van der Waals surface area contributed by atoms with Gasteiger partial charge in [0.2, 0.25) is 0 Å². The summed E-state index contributed by atoms with van der Waals surface area (Å²) in [6.45, 7) is 0.816. The maximum atomic E-state index is 10.8. The van der Waals surface area contributed by atoms with Gasteiger partial charge in [-0.1, -0.05) is 0 Å². The summed E-state index contributed by atoms with van der Waals surface area (Å²) in [5, 5.41) is 22.8. The molecule has 1 saturated carbocycles. The Labute approximate surface area is 98.8 Å². The molecule has 0 bridgehead atoms. The highest BCUT2D eigenvalue weighted by Gasteiger charge is 2.41. The van der Waals surface area contributed by atoms with Gasteiger partial charge in [0.05, 0.1) is 0 Å². The summed E-state index contributed by atoms with van der Waals surface area (Å²) in [4.78, 5) is 14.0. The van der Waals surface area contributed by atoms with Crippen molar-refractivity contribution < 1.29 is 10.0 Å². The fourth-order valence-electron chi connectivity index (χ4n) is 1.89. The minimum Gasteiger partial charge on any atom is -0.396 e. The first kappa shape index (κ1) is 11.8. The van der Waals surface area contributed by atoms with E-state index in [2.05, 4.69) is 10.3 Å². The van der Waals surface area contributed by atoms with Crippen LogP contribution in [0, 0.1) is 15.5 Å². The van der Waals surface area contributed by atoms with Gasteiger partial charge in [-0.15, -0.1) is 0 Å². The largest absolute Gasteiger partial charge is 0.396 e. The van der Waals surface area contributed by atoms with Crippen molar-refractivity contribution in [2.75, 3.05) is 18.5 Å². The molecule has 6 nitrogen and oxygen atoms in total. The highest BCUT2D eigenvalue weighted by Crippen LogP contribution is 2.48. The zero-order valence-corrected chi connectivity index (χ0v) is 9.43. The number of pyridine rings is 1. The number of aliphatic hydroxyl groups is 1. The second-order valence-corrected chi connectivity index (χ2v) is 4.46. The summed E-state index contributed by atoms with van der Waals surface area (Å²) in [6, 6.07) is 3.32. The molecule has 0 spiro atoms. The van der Waals surface area contributed by atoms with Gasteiger partial charge in [-0.25, -0.2) is 0 Å². The summed E-state index contributed by atoms with van der Waals surface area (Å²) in [5.41, 5.74) is 0.570. The van der Waals surface area contributed by atoms with Crippen molar-refractivity contribution in [1.29, 1.82) is 0 Å². The Morgan fingerprint density at radius 1 is 1.59 bits per heavy atom. The van der Waals surface area contributed by atoms with Crippen LogP contribution >= 0.6 is 0 Å². The van der Waals surface area contributed by atoms with Crippen LogP contribution in [0.4, 0.5) is 11.5 Å². The topological polar surface area (TPSA) is 88.3 Å². The third-order valence-electron chi connectivity index (χ3n) is 3.21. The maximum Gasteiger partial charge on any atom is 0.386 e. The van der Waals surface area contributed by atoms with E-state index in [-0.39, 0.29) is 17.8 Å². The molecule has 1 heterocycles. The number of hydrogen-bond donors (Lipinski definition) is 2. The first-order valence-corrected chi connectivity index (χ1v) is 5.61. The van der Waals surface area contributed by atoms with Gasteiger partial charge in [0.25, 0.3) is 0 Å². The van der Waals surface area contributed by atoms with E-state index in [1.807, 2.05) is 0 Å². The average molecular weight is 237 g/mol. The number of nitrogens with zero attached hydrogens (tertiary/aromatic N) is 2. The highest BCUT2D eigenvalue weighted by atomic mass is 16.6. The number of hydrogen-bond acceptors (Lipinski definition) is 5. The van der Waals surface area contributed by atoms with E-state index < -0.39 is 4.92 Å². The zero-order chi connectivity index (χ0) is 12.3. The lowest BCUT2D eigenvalue weighted by molar-refractivity contribution is -0.388. The number of aromatic nitrogens is 1. The number of aliphatic hydroxyl groups excluding tert-OH is 1. The molecule has 1 aliphatic rings. The molecule has 1 fully saturated rings. The van der Waals surface area contributed by atoms with Crippen LogP contribution in [-0.2, 0) is 0 Å². The van der Waals surface area contributed by atoms with Crippen molar-refractivity contribution in [2.45, 2.75) is 19.3 Å². The minimum atomic E-state index is -0.492. The van der Waals surface area contributed by atoms with Crippen molar-refractivity contribution in [3.63, 3.8) is 0 Å². The highest BCUT2D eigenvalue weighted by molar-refractivity contribution is 5.56. The average Bonchev–Trinajstić information content (AvgIpc) is 3.08. The summed E-state index contributed by atoms with van der Waals surface area (Å²) < 4.78 is 0. The minimum absolute atomic E-state index is 0.123. The van der Waals surface area contributed by atoms with Crippen LogP contribution in [0.5, 0.6) is 0 Å². The van der Waals surface area contributed by atoms with Crippen LogP contribution < -0.4 is 5.32 Å². The molecule has 1 aromatic heterocycles. The van der Waals surface area contributed by atoms with Gasteiger partial charge in [0.15, 0.2) is 0 Å². The van der Waals surface area contributed by atoms with Gasteiger partial charge < -0.3 is 20.5 Å². The van der Waals surface area contributed by atoms with Gasteiger partial charge >= 0.3 is 5.82 Å². The molecule has 0 amide bonds. The molecule has 17 heavy (non-hydrogen) atoms. The molecule has 2 N–H and O–H groups in total. The predicted molar refractivity (Wildman–Crippen MR) is 62.8 cm³/mol. The first-order chi connectivity index (χ1) is 8.17. The molecule has 0 unspecified atom stereocenters. The fraction of sp³-hybridized carbons (Fsp3) is 0.545. The maximum absolute atomic E-state index is 10.8. The van der Waals surface area contributed by atoms with Crippen LogP contribution in [0.1, 0.15) is 19.3 Å². The van der Waals surface area contributed by atoms with Crippen LogP contribution in [-0.4, -0.2) is 28.2 Å². The summed E-state index contributed by atoms with van der Waals surface area (Å²) >= 11 is 0. The van der Waals surface area contributed by atoms with Crippen LogP contribution in [0.2, 0.25) is 0 Å². The van der Waals surface area contributed by atoms with Crippen LogP contribution in [0.25, 0.3) is 0 Å². The molecule has 0 saturated heterocycles. The van der Waals surface area contributed by atoms with Gasteiger partial charge in [0.1, 0.15) is 11.9 Å². The Morgan fingerprint density at radius 2 is 2.35 bits per heavy atom. The Bertz CT molecular complexity index is 418. The third-order valence-corrected chi connectivity index (χ3v) is 3.21. The quantitative estimate of drug-likeness (QED) is 0.579. The molecule has 0 aliphatic heterocycles. The molecule has 0 aromatic carbocycles. The lowest BCUT2D eigenvalue weighted by atomic mass is 10.0. The Kier molecular flexibility index (Phi) is 3.23. The molecular formula is C11H15N3O3. The SMILES string of the molecule is O=[N+]([O-])c1ncccc1NCC1(CCO)CC1. The van der Waals surface area contributed by atoms with Crippen molar-refractivity contribution >= 4 is 11.5 Å². The Balaban J connectivity index is 2.02. The molecule has 1 aliphatic carbocycles. The van der Waals surface area contributed by atoms with E-state index in [1.165, 1.54) is 6.20 Å². The second-order valence-electron chi connectivity index (χ2n) is 4.46. The lowest BCUT2D eigenvalue weighted by Crippen LogP contribution is -2.17. The molecule has 92 valence electrons. The zero-order valence-electron chi connectivity index (χ0n) is 9.43. The Hall–Kier alpha value is -1.69. The Morgan fingerprint density at radius 3 is 2.94 bits per heavy atom. The summed E-state index contributed by atoms with van der Waals surface area (Å²) in [5.74, 6) is -0.146. The van der Waals surface area contributed by atoms with E-state index in [0.717, 1.165) is 19.3 Å². The van der Waals surface area contributed by atoms with Crippen molar-refractivity contribution in [1.82, 2.24) is 4.98 Å². The molecule has 2 rings (SSSR count). The fourth-order valence-corrected chi connectivity index (χ4v) is 1.89. The van der Waals surface area contributed by atoms with Gasteiger partial charge in [-0.2, -0.15) is 0 Å². The van der Waals surface area contributed by atoms with E-state index in [9.17, 15) is 10.1 Å². The van der Waals surface area contributed by atoms with E-state index in [1.54, 1.807) is 12.1 Å². The van der Waals surface area contributed by atoms with Gasteiger partial charge in [-0.05, 0) is 46.7 Å². The number of nitrogens with one attached hydrogen (secondary N) is 1. The number of anilines is 1. The number of nitro groups is 1. The van der Waals surface area contributed by atoms with E-state index >= 15 is 0 Å². The van der Waals surface area contributed by atoms with Crippen molar-refractivity contribution in [3.05, 3.63) is 28.4 Å². The molecule has 6 heteroatoms. The number of rotatable bonds is 6. The normalized spacial score (nSPS) is 16.5. The second kappa shape index (κ2) is 4.67. The summed E-state index contributed by atoms with van der Waals surface area (Å²) in [7, 11) is 0. The molecule has 0 atom stereocenters. The van der Waals surface area contributed by atoms with E-state index in [4.69, 9.17) is 5.11 Å². The van der Waals surface area contributed by atoms with E-state index in [0.29, 0.717) is 12.2 Å².